The van der Waals surface area contributed by atoms with Crippen LogP contribution in [0.2, 0.25) is 0 Å². The van der Waals surface area contributed by atoms with Gasteiger partial charge in [0.1, 0.15) is 17.4 Å². The predicted octanol–water partition coefficient (Wildman–Crippen LogP) is 4.13. The van der Waals surface area contributed by atoms with E-state index in [-0.39, 0.29) is 5.78 Å². The molecule has 5 nitrogen and oxygen atoms in total. The summed E-state index contributed by atoms with van der Waals surface area (Å²) in [5, 5.41) is 17.8. The van der Waals surface area contributed by atoms with E-state index in [1.54, 1.807) is 6.07 Å². The zero-order valence-electron chi connectivity index (χ0n) is 16.5. The first-order valence-electron chi connectivity index (χ1n) is 9.92. The number of aromatic nitrogens is 3. The lowest BCUT2D eigenvalue weighted by molar-refractivity contribution is -0.118. The predicted molar refractivity (Wildman–Crippen MR) is 104 cm³/mol. The van der Waals surface area contributed by atoms with Crippen LogP contribution in [0.25, 0.3) is 0 Å². The Morgan fingerprint density at radius 1 is 1.26 bits per heavy atom. The third kappa shape index (κ3) is 5.03. The lowest BCUT2D eigenvalue weighted by Gasteiger charge is -2.10. The smallest absolute Gasteiger partial charge is 0.137 e. The largest absolute Gasteiger partial charge is 0.312 e. The number of benzene rings is 1. The highest BCUT2D eigenvalue weighted by Gasteiger charge is 2.29. The minimum Gasteiger partial charge on any atom is -0.312 e. The standard InChI is InChI=1S/C22H28N4O/c1-15(2)4-10-21-24-25-22(26(21)19-7-8-19)11-9-20(27)13-18-6-5-17(14-23)12-16(18)3/h5-6,12,15,19H,4,7-11,13H2,1-3H3. The molecule has 0 N–H and O–H groups in total. The van der Waals surface area contributed by atoms with Crippen molar-refractivity contribution in [2.75, 3.05) is 0 Å². The van der Waals surface area contributed by atoms with Gasteiger partial charge in [-0.05, 0) is 55.4 Å². The number of Topliss-reactive ketones (excluding diaryl/α,β-unsaturated/α-hetero) is 1. The summed E-state index contributed by atoms with van der Waals surface area (Å²) in [5.74, 6) is 2.89. The van der Waals surface area contributed by atoms with Crippen molar-refractivity contribution in [3.8, 4) is 6.07 Å². The summed E-state index contributed by atoms with van der Waals surface area (Å²) in [4.78, 5) is 12.5. The molecule has 0 saturated heterocycles. The molecule has 0 bridgehead atoms. The second-order valence-corrected chi connectivity index (χ2v) is 8.03. The average molecular weight is 364 g/mol. The first-order valence-corrected chi connectivity index (χ1v) is 9.92. The molecular formula is C22H28N4O. The van der Waals surface area contributed by atoms with E-state index < -0.39 is 0 Å². The summed E-state index contributed by atoms with van der Waals surface area (Å²) in [6, 6.07) is 8.18. The lowest BCUT2D eigenvalue weighted by Crippen LogP contribution is -2.11. The van der Waals surface area contributed by atoms with E-state index in [9.17, 15) is 4.79 Å². The minimum atomic E-state index is 0.205. The van der Waals surface area contributed by atoms with Crippen molar-refractivity contribution in [3.05, 3.63) is 46.5 Å². The van der Waals surface area contributed by atoms with Gasteiger partial charge in [0.05, 0.1) is 11.6 Å². The fourth-order valence-corrected chi connectivity index (χ4v) is 3.39. The molecule has 2 aromatic rings. The third-order valence-electron chi connectivity index (χ3n) is 5.18. The van der Waals surface area contributed by atoms with Crippen molar-refractivity contribution < 1.29 is 4.79 Å². The van der Waals surface area contributed by atoms with Crippen molar-refractivity contribution in [2.24, 2.45) is 5.92 Å². The molecular weight excluding hydrogens is 336 g/mol. The highest BCUT2D eigenvalue weighted by Crippen LogP contribution is 2.37. The highest BCUT2D eigenvalue weighted by atomic mass is 16.1. The van der Waals surface area contributed by atoms with E-state index in [2.05, 4.69) is 34.7 Å². The zero-order valence-corrected chi connectivity index (χ0v) is 16.5. The summed E-state index contributed by atoms with van der Waals surface area (Å²) in [5.41, 5.74) is 2.63. The second-order valence-electron chi connectivity index (χ2n) is 8.03. The molecule has 1 heterocycles. The molecule has 1 saturated carbocycles. The number of hydrogen-bond donors (Lipinski definition) is 0. The highest BCUT2D eigenvalue weighted by molar-refractivity contribution is 5.81. The topological polar surface area (TPSA) is 71.6 Å². The van der Waals surface area contributed by atoms with Gasteiger partial charge in [-0.15, -0.1) is 10.2 Å². The maximum atomic E-state index is 12.5. The summed E-state index contributed by atoms with van der Waals surface area (Å²) in [6.45, 7) is 6.40. The van der Waals surface area contributed by atoms with Gasteiger partial charge in [0, 0.05) is 31.7 Å². The fourth-order valence-electron chi connectivity index (χ4n) is 3.39. The molecule has 27 heavy (non-hydrogen) atoms. The monoisotopic (exact) mass is 364 g/mol. The van der Waals surface area contributed by atoms with Crippen LogP contribution in [0, 0.1) is 24.2 Å². The van der Waals surface area contributed by atoms with E-state index in [4.69, 9.17) is 5.26 Å². The molecule has 1 aliphatic rings. The van der Waals surface area contributed by atoms with E-state index >= 15 is 0 Å². The van der Waals surface area contributed by atoms with Crippen LogP contribution in [-0.4, -0.2) is 20.5 Å². The van der Waals surface area contributed by atoms with Crippen LogP contribution in [0.3, 0.4) is 0 Å². The van der Waals surface area contributed by atoms with Crippen molar-refractivity contribution in [3.63, 3.8) is 0 Å². The number of aryl methyl sites for hydroxylation is 3. The Balaban J connectivity index is 1.61. The number of rotatable bonds is 9. The number of hydrogen-bond acceptors (Lipinski definition) is 4. The van der Waals surface area contributed by atoms with E-state index in [0.717, 1.165) is 35.6 Å². The molecule has 0 spiro atoms. The van der Waals surface area contributed by atoms with Gasteiger partial charge in [-0.2, -0.15) is 5.26 Å². The Morgan fingerprint density at radius 3 is 2.56 bits per heavy atom. The van der Waals surface area contributed by atoms with Crippen LogP contribution in [0.4, 0.5) is 0 Å². The molecule has 5 heteroatoms. The maximum absolute atomic E-state index is 12.5. The van der Waals surface area contributed by atoms with Crippen molar-refractivity contribution in [1.29, 1.82) is 5.26 Å². The Morgan fingerprint density at radius 2 is 1.96 bits per heavy atom. The summed E-state index contributed by atoms with van der Waals surface area (Å²) < 4.78 is 2.29. The van der Waals surface area contributed by atoms with E-state index in [0.29, 0.717) is 36.8 Å². The fraction of sp³-hybridized carbons (Fsp3) is 0.545. The number of ketones is 1. The van der Waals surface area contributed by atoms with Crippen molar-refractivity contribution >= 4 is 5.78 Å². The number of carbonyl (C=O) groups excluding carboxylic acids is 1. The second kappa shape index (κ2) is 8.47. The van der Waals surface area contributed by atoms with Gasteiger partial charge < -0.3 is 4.57 Å². The Bertz CT molecular complexity index is 856. The Kier molecular flexibility index (Phi) is 6.05. The zero-order chi connectivity index (χ0) is 19.4. The number of nitrogens with zero attached hydrogens (tertiary/aromatic N) is 4. The first kappa shape index (κ1) is 19.3. The van der Waals surface area contributed by atoms with Crippen LogP contribution in [0.1, 0.15) is 73.9 Å². The molecule has 0 aliphatic heterocycles. The van der Waals surface area contributed by atoms with Crippen LogP contribution in [0.15, 0.2) is 18.2 Å². The summed E-state index contributed by atoms with van der Waals surface area (Å²) >= 11 is 0. The Hall–Kier alpha value is -2.48. The van der Waals surface area contributed by atoms with E-state index in [1.165, 1.54) is 12.8 Å². The molecule has 1 aromatic heterocycles. The molecule has 0 radical (unpaired) electrons. The molecule has 3 rings (SSSR count). The van der Waals surface area contributed by atoms with Gasteiger partial charge >= 0.3 is 0 Å². The normalized spacial score (nSPS) is 13.7. The number of nitriles is 1. The third-order valence-corrected chi connectivity index (χ3v) is 5.18. The molecule has 1 aliphatic carbocycles. The van der Waals surface area contributed by atoms with E-state index in [1.807, 2.05) is 19.1 Å². The van der Waals surface area contributed by atoms with Crippen molar-refractivity contribution in [1.82, 2.24) is 14.8 Å². The summed E-state index contributed by atoms with van der Waals surface area (Å²) in [7, 11) is 0. The average Bonchev–Trinajstić information content (AvgIpc) is 3.40. The van der Waals surface area contributed by atoms with Crippen LogP contribution >= 0.6 is 0 Å². The Labute approximate surface area is 161 Å². The molecule has 142 valence electrons. The van der Waals surface area contributed by atoms with Gasteiger partial charge in [-0.25, -0.2) is 0 Å². The molecule has 0 atom stereocenters. The van der Waals surface area contributed by atoms with Crippen LogP contribution < -0.4 is 0 Å². The van der Waals surface area contributed by atoms with Gasteiger partial charge in [-0.1, -0.05) is 19.9 Å². The lowest BCUT2D eigenvalue weighted by atomic mass is 9.99. The summed E-state index contributed by atoms with van der Waals surface area (Å²) in [6.07, 6.45) is 6.00. The molecule has 0 unspecified atom stereocenters. The SMILES string of the molecule is Cc1cc(C#N)ccc1CC(=O)CCc1nnc(CCC(C)C)n1C1CC1. The molecule has 0 amide bonds. The van der Waals surface area contributed by atoms with Crippen LogP contribution in [-0.2, 0) is 24.1 Å². The van der Waals surface area contributed by atoms with Crippen LogP contribution in [0.5, 0.6) is 0 Å². The van der Waals surface area contributed by atoms with Gasteiger partial charge in [-0.3, -0.25) is 4.79 Å². The van der Waals surface area contributed by atoms with Crippen molar-refractivity contribution in [2.45, 2.75) is 71.8 Å². The molecule has 1 fully saturated rings. The van der Waals surface area contributed by atoms with Gasteiger partial charge in [0.25, 0.3) is 0 Å². The molecule has 1 aromatic carbocycles. The van der Waals surface area contributed by atoms with Gasteiger partial charge in [0.2, 0.25) is 0 Å². The van der Waals surface area contributed by atoms with Gasteiger partial charge in [0.15, 0.2) is 0 Å². The maximum Gasteiger partial charge on any atom is 0.137 e. The first-order chi connectivity index (χ1) is 13.0. The quantitative estimate of drug-likeness (QED) is 0.671. The number of carbonyl (C=O) groups is 1. The minimum absolute atomic E-state index is 0.205.